The van der Waals surface area contributed by atoms with Crippen LogP contribution in [0.2, 0.25) is 0 Å². The van der Waals surface area contributed by atoms with Crippen LogP contribution in [-0.4, -0.2) is 16.5 Å². The van der Waals surface area contributed by atoms with Crippen molar-refractivity contribution in [2.45, 2.75) is 38.6 Å². The number of terminal acetylenes is 1. The maximum absolute atomic E-state index is 5.26. The van der Waals surface area contributed by atoms with E-state index in [4.69, 9.17) is 6.42 Å². The Labute approximate surface area is 97.7 Å². The fourth-order valence-corrected chi connectivity index (χ4v) is 1.60. The summed E-state index contributed by atoms with van der Waals surface area (Å²) in [5.74, 6) is 2.67. The lowest BCUT2D eigenvalue weighted by Crippen LogP contribution is -2.22. The molecule has 3 nitrogen and oxygen atoms in total. The molecule has 3 heteroatoms. The highest BCUT2D eigenvalue weighted by molar-refractivity contribution is 5.09. The first-order chi connectivity index (χ1) is 7.88. The Morgan fingerprint density at radius 2 is 2.19 bits per heavy atom. The normalized spacial score (nSPS) is 12.0. The van der Waals surface area contributed by atoms with Crippen LogP contribution in [0, 0.1) is 12.3 Å². The lowest BCUT2D eigenvalue weighted by atomic mass is 10.0. The minimum Gasteiger partial charge on any atom is -0.310 e. The molecule has 1 heterocycles. The Kier molecular flexibility index (Phi) is 6.20. The maximum Gasteiger partial charge on any atom is 0.115 e. The molecule has 1 N–H and O–H groups in total. The molecule has 1 atom stereocenters. The van der Waals surface area contributed by atoms with Gasteiger partial charge >= 0.3 is 0 Å². The molecule has 1 rings (SSSR count). The van der Waals surface area contributed by atoms with Crippen molar-refractivity contribution in [3.63, 3.8) is 0 Å². The molecule has 0 aliphatic rings. The van der Waals surface area contributed by atoms with Gasteiger partial charge in [-0.05, 0) is 25.8 Å². The van der Waals surface area contributed by atoms with Crippen molar-refractivity contribution in [3.8, 4) is 12.3 Å². The molecule has 16 heavy (non-hydrogen) atoms. The summed E-state index contributed by atoms with van der Waals surface area (Å²) >= 11 is 0. The lowest BCUT2D eigenvalue weighted by molar-refractivity contribution is 0.485. The number of rotatable bonds is 7. The highest BCUT2D eigenvalue weighted by Gasteiger charge is 2.10. The highest BCUT2D eigenvalue weighted by Crippen LogP contribution is 2.17. The predicted octanol–water partition coefficient (Wildman–Crippen LogP) is 2.32. The van der Waals surface area contributed by atoms with Crippen LogP contribution in [-0.2, 0) is 0 Å². The Bertz CT molecular complexity index is 316. The summed E-state index contributed by atoms with van der Waals surface area (Å²) in [6, 6.07) is 0.328. The first kappa shape index (κ1) is 12.7. The van der Waals surface area contributed by atoms with Gasteiger partial charge in [-0.3, -0.25) is 0 Å². The smallest absolute Gasteiger partial charge is 0.115 e. The first-order valence-corrected chi connectivity index (χ1v) is 5.80. The Balaban J connectivity index is 2.53. The van der Waals surface area contributed by atoms with Gasteiger partial charge in [0, 0.05) is 30.4 Å². The van der Waals surface area contributed by atoms with Gasteiger partial charge in [0.1, 0.15) is 6.33 Å². The number of aromatic nitrogens is 2. The number of hydrogen-bond donors (Lipinski definition) is 1. The van der Waals surface area contributed by atoms with Gasteiger partial charge in [-0.25, -0.2) is 9.97 Å². The quantitative estimate of drug-likeness (QED) is 0.562. The zero-order valence-corrected chi connectivity index (χ0v) is 9.82. The SMILES string of the molecule is C#CCCCC(NCCC)c1cncnc1. The highest BCUT2D eigenvalue weighted by atomic mass is 14.9. The number of hydrogen-bond acceptors (Lipinski definition) is 3. The maximum atomic E-state index is 5.26. The van der Waals surface area contributed by atoms with Gasteiger partial charge in [0.2, 0.25) is 0 Å². The van der Waals surface area contributed by atoms with Crippen LogP contribution in [0.1, 0.15) is 44.2 Å². The van der Waals surface area contributed by atoms with E-state index in [0.717, 1.165) is 37.8 Å². The molecule has 0 bridgehead atoms. The van der Waals surface area contributed by atoms with Crippen LogP contribution in [0.15, 0.2) is 18.7 Å². The van der Waals surface area contributed by atoms with Gasteiger partial charge in [-0.2, -0.15) is 0 Å². The Hall–Kier alpha value is -1.40. The van der Waals surface area contributed by atoms with Gasteiger partial charge in [0.15, 0.2) is 0 Å². The Morgan fingerprint density at radius 1 is 1.44 bits per heavy atom. The molecule has 0 spiro atoms. The second kappa shape index (κ2) is 7.84. The van der Waals surface area contributed by atoms with E-state index in [0.29, 0.717) is 6.04 Å². The summed E-state index contributed by atoms with van der Waals surface area (Å²) in [5, 5.41) is 3.50. The standard InChI is InChI=1S/C13H19N3/c1-3-5-6-7-13(16-8-4-2)12-9-14-11-15-10-12/h1,9-11,13,16H,4-8H2,2H3. The third-order valence-corrected chi connectivity index (χ3v) is 2.44. The molecule has 1 aromatic heterocycles. The average molecular weight is 217 g/mol. The molecule has 0 aliphatic heterocycles. The van der Waals surface area contributed by atoms with Crippen molar-refractivity contribution in [1.82, 2.24) is 15.3 Å². The summed E-state index contributed by atoms with van der Waals surface area (Å²) in [6.07, 6.45) is 14.6. The van der Waals surface area contributed by atoms with Crippen molar-refractivity contribution in [3.05, 3.63) is 24.3 Å². The van der Waals surface area contributed by atoms with Crippen LogP contribution in [0.5, 0.6) is 0 Å². The van der Waals surface area contributed by atoms with E-state index < -0.39 is 0 Å². The lowest BCUT2D eigenvalue weighted by Gasteiger charge is -2.17. The van der Waals surface area contributed by atoms with Crippen LogP contribution < -0.4 is 5.32 Å². The van der Waals surface area contributed by atoms with Gasteiger partial charge < -0.3 is 5.32 Å². The zero-order chi connectivity index (χ0) is 11.6. The molecule has 0 aliphatic carbocycles. The fraction of sp³-hybridized carbons (Fsp3) is 0.538. The van der Waals surface area contributed by atoms with Crippen LogP contribution >= 0.6 is 0 Å². The van der Waals surface area contributed by atoms with E-state index in [2.05, 4.69) is 28.1 Å². The second-order valence-corrected chi connectivity index (χ2v) is 3.77. The molecule has 0 radical (unpaired) electrons. The molecule has 0 fully saturated rings. The molecule has 0 saturated heterocycles. The minimum atomic E-state index is 0.328. The molecule has 86 valence electrons. The van der Waals surface area contributed by atoms with E-state index in [1.165, 1.54) is 0 Å². The monoisotopic (exact) mass is 217 g/mol. The number of nitrogens with one attached hydrogen (secondary N) is 1. The van der Waals surface area contributed by atoms with Crippen molar-refractivity contribution >= 4 is 0 Å². The van der Waals surface area contributed by atoms with Crippen molar-refractivity contribution in [1.29, 1.82) is 0 Å². The molecule has 0 saturated carbocycles. The van der Waals surface area contributed by atoms with E-state index in [9.17, 15) is 0 Å². The van der Waals surface area contributed by atoms with Gasteiger partial charge in [-0.1, -0.05) is 6.92 Å². The van der Waals surface area contributed by atoms with Crippen molar-refractivity contribution in [2.24, 2.45) is 0 Å². The zero-order valence-electron chi connectivity index (χ0n) is 9.82. The third-order valence-electron chi connectivity index (χ3n) is 2.44. The Morgan fingerprint density at radius 3 is 2.81 bits per heavy atom. The van der Waals surface area contributed by atoms with E-state index >= 15 is 0 Å². The summed E-state index contributed by atoms with van der Waals surface area (Å²) in [5.41, 5.74) is 1.15. The molecular weight excluding hydrogens is 198 g/mol. The average Bonchev–Trinajstić information content (AvgIpc) is 2.35. The molecule has 0 amide bonds. The van der Waals surface area contributed by atoms with E-state index in [1.807, 2.05) is 12.4 Å². The molecular formula is C13H19N3. The summed E-state index contributed by atoms with van der Waals surface area (Å²) in [4.78, 5) is 8.10. The van der Waals surface area contributed by atoms with E-state index in [-0.39, 0.29) is 0 Å². The van der Waals surface area contributed by atoms with Crippen molar-refractivity contribution in [2.75, 3.05) is 6.54 Å². The van der Waals surface area contributed by atoms with Crippen LogP contribution in [0.4, 0.5) is 0 Å². The van der Waals surface area contributed by atoms with Gasteiger partial charge in [0.05, 0.1) is 0 Å². The first-order valence-electron chi connectivity index (χ1n) is 5.80. The largest absolute Gasteiger partial charge is 0.310 e. The third kappa shape index (κ3) is 4.41. The van der Waals surface area contributed by atoms with Gasteiger partial charge in [0.25, 0.3) is 0 Å². The van der Waals surface area contributed by atoms with Crippen LogP contribution in [0.3, 0.4) is 0 Å². The summed E-state index contributed by atoms with van der Waals surface area (Å²) in [6.45, 7) is 3.17. The second-order valence-electron chi connectivity index (χ2n) is 3.77. The molecule has 0 aromatic carbocycles. The summed E-state index contributed by atoms with van der Waals surface area (Å²) < 4.78 is 0. The van der Waals surface area contributed by atoms with E-state index in [1.54, 1.807) is 6.33 Å². The summed E-state index contributed by atoms with van der Waals surface area (Å²) in [7, 11) is 0. The fourth-order valence-electron chi connectivity index (χ4n) is 1.60. The van der Waals surface area contributed by atoms with Crippen molar-refractivity contribution < 1.29 is 0 Å². The number of nitrogens with zero attached hydrogens (tertiary/aromatic N) is 2. The predicted molar refractivity (Wildman–Crippen MR) is 65.8 cm³/mol. The number of unbranched alkanes of at least 4 members (excludes halogenated alkanes) is 1. The molecule has 1 aromatic rings. The topological polar surface area (TPSA) is 37.8 Å². The minimum absolute atomic E-state index is 0.328. The van der Waals surface area contributed by atoms with Crippen LogP contribution in [0.25, 0.3) is 0 Å². The van der Waals surface area contributed by atoms with Gasteiger partial charge in [-0.15, -0.1) is 12.3 Å². The molecule has 1 unspecified atom stereocenters.